The first kappa shape index (κ1) is 13.7. The molecule has 3 unspecified atom stereocenters. The van der Waals surface area contributed by atoms with Crippen molar-refractivity contribution in [2.24, 2.45) is 11.8 Å². The average molecular weight is 249 g/mol. The Morgan fingerprint density at radius 3 is 2.78 bits per heavy atom. The normalized spacial score (nSPS) is 26.2. The van der Waals surface area contributed by atoms with E-state index in [1.807, 2.05) is 0 Å². The van der Waals surface area contributed by atoms with Gasteiger partial charge in [0.2, 0.25) is 0 Å². The Morgan fingerprint density at radius 2 is 2.17 bits per heavy atom. The van der Waals surface area contributed by atoms with Crippen molar-refractivity contribution in [2.45, 2.75) is 58.4 Å². The van der Waals surface area contributed by atoms with Crippen LogP contribution in [0.1, 0.15) is 63.5 Å². The molecule has 0 saturated heterocycles. The highest BCUT2D eigenvalue weighted by atomic mass is 16.3. The van der Waals surface area contributed by atoms with Crippen LogP contribution in [0, 0.1) is 11.8 Å². The second-order valence-electron chi connectivity index (χ2n) is 5.62. The Labute approximate surface area is 111 Å². The molecule has 1 aliphatic rings. The molecule has 2 heteroatoms. The van der Waals surface area contributed by atoms with Crippen LogP contribution in [0.5, 0.6) is 0 Å². The minimum atomic E-state index is 0.402. The number of rotatable bonds is 5. The fourth-order valence-corrected chi connectivity index (χ4v) is 3.37. The van der Waals surface area contributed by atoms with Crippen LogP contribution in [0.15, 0.2) is 16.5 Å². The molecule has 1 saturated carbocycles. The van der Waals surface area contributed by atoms with E-state index in [2.05, 4.69) is 38.3 Å². The smallest absolute Gasteiger partial charge is 0.121 e. The molecule has 2 nitrogen and oxygen atoms in total. The zero-order valence-corrected chi connectivity index (χ0v) is 12.0. The molecule has 3 atom stereocenters. The lowest BCUT2D eigenvalue weighted by Gasteiger charge is -2.33. The molecule has 1 aromatic heterocycles. The maximum absolute atomic E-state index is 5.95. The fourth-order valence-electron chi connectivity index (χ4n) is 3.37. The Morgan fingerprint density at radius 1 is 1.33 bits per heavy atom. The van der Waals surface area contributed by atoms with Gasteiger partial charge in [-0.15, -0.1) is 0 Å². The first-order chi connectivity index (χ1) is 8.78. The summed E-state index contributed by atoms with van der Waals surface area (Å²) in [6.45, 7) is 4.47. The zero-order chi connectivity index (χ0) is 13.0. The van der Waals surface area contributed by atoms with Crippen molar-refractivity contribution in [1.82, 2.24) is 5.32 Å². The van der Waals surface area contributed by atoms with Gasteiger partial charge in [-0.1, -0.05) is 33.1 Å². The van der Waals surface area contributed by atoms with Crippen LogP contribution < -0.4 is 5.32 Å². The monoisotopic (exact) mass is 249 g/mol. The largest absolute Gasteiger partial charge is 0.464 e. The summed E-state index contributed by atoms with van der Waals surface area (Å²) in [5.41, 5.74) is 0. The van der Waals surface area contributed by atoms with Crippen LogP contribution >= 0.6 is 0 Å². The molecule has 102 valence electrons. The van der Waals surface area contributed by atoms with E-state index >= 15 is 0 Å². The molecule has 1 fully saturated rings. The van der Waals surface area contributed by atoms with E-state index in [1.54, 1.807) is 0 Å². The fraction of sp³-hybridized carbons (Fsp3) is 0.750. The van der Waals surface area contributed by atoms with Crippen LogP contribution in [0.2, 0.25) is 0 Å². The Balaban J connectivity index is 2.07. The summed E-state index contributed by atoms with van der Waals surface area (Å²) in [5.74, 6) is 3.90. The van der Waals surface area contributed by atoms with Crippen molar-refractivity contribution < 1.29 is 4.42 Å². The van der Waals surface area contributed by atoms with Gasteiger partial charge in [0, 0.05) is 6.42 Å². The van der Waals surface area contributed by atoms with Gasteiger partial charge in [-0.3, -0.25) is 0 Å². The minimum absolute atomic E-state index is 0.402. The molecular formula is C16H27NO. The van der Waals surface area contributed by atoms with E-state index in [0.29, 0.717) is 6.04 Å². The van der Waals surface area contributed by atoms with E-state index in [0.717, 1.165) is 29.8 Å². The molecule has 0 bridgehead atoms. The summed E-state index contributed by atoms with van der Waals surface area (Å²) < 4.78 is 5.95. The number of hydrogen-bond acceptors (Lipinski definition) is 2. The highest BCUT2D eigenvalue weighted by Gasteiger charge is 2.29. The third-order valence-corrected chi connectivity index (χ3v) is 4.52. The van der Waals surface area contributed by atoms with Crippen molar-refractivity contribution >= 4 is 0 Å². The summed E-state index contributed by atoms with van der Waals surface area (Å²) in [7, 11) is 2.06. The molecule has 0 aliphatic heterocycles. The van der Waals surface area contributed by atoms with Crippen LogP contribution in [-0.2, 0) is 6.42 Å². The van der Waals surface area contributed by atoms with Gasteiger partial charge in [0.05, 0.1) is 6.04 Å². The van der Waals surface area contributed by atoms with Gasteiger partial charge in [0.25, 0.3) is 0 Å². The Hall–Kier alpha value is -0.760. The van der Waals surface area contributed by atoms with Gasteiger partial charge in [-0.25, -0.2) is 0 Å². The lowest BCUT2D eigenvalue weighted by molar-refractivity contribution is 0.198. The van der Waals surface area contributed by atoms with Crippen molar-refractivity contribution in [3.63, 3.8) is 0 Å². The Bertz CT molecular complexity index is 358. The van der Waals surface area contributed by atoms with Crippen molar-refractivity contribution in [3.05, 3.63) is 23.7 Å². The van der Waals surface area contributed by atoms with Gasteiger partial charge in [0.15, 0.2) is 0 Å². The highest BCUT2D eigenvalue weighted by Crippen LogP contribution is 2.38. The summed E-state index contributed by atoms with van der Waals surface area (Å²) in [6.07, 6.45) is 7.79. The van der Waals surface area contributed by atoms with E-state index < -0.39 is 0 Å². The zero-order valence-electron chi connectivity index (χ0n) is 12.0. The lowest BCUT2D eigenvalue weighted by Crippen LogP contribution is -2.29. The van der Waals surface area contributed by atoms with Crippen LogP contribution in [0.25, 0.3) is 0 Å². The van der Waals surface area contributed by atoms with Crippen molar-refractivity contribution in [1.29, 1.82) is 0 Å². The molecule has 1 heterocycles. The number of furan rings is 1. The predicted octanol–water partition coefficient (Wildman–Crippen LogP) is 4.32. The second kappa shape index (κ2) is 6.42. The van der Waals surface area contributed by atoms with Gasteiger partial charge in [0.1, 0.15) is 11.5 Å². The third-order valence-electron chi connectivity index (χ3n) is 4.52. The molecular weight excluding hydrogens is 222 g/mol. The van der Waals surface area contributed by atoms with Crippen LogP contribution in [0.3, 0.4) is 0 Å². The molecule has 0 radical (unpaired) electrons. The topological polar surface area (TPSA) is 25.2 Å². The first-order valence-electron chi connectivity index (χ1n) is 7.54. The van der Waals surface area contributed by atoms with Crippen LogP contribution in [-0.4, -0.2) is 7.05 Å². The first-order valence-corrected chi connectivity index (χ1v) is 7.54. The maximum atomic E-state index is 5.95. The standard InChI is InChI=1S/C16H27NO/c1-4-12-7-6-8-13(11-12)16(17-3)15-10-9-14(5-2)18-15/h9-10,12-13,16-17H,4-8,11H2,1-3H3. The second-order valence-corrected chi connectivity index (χ2v) is 5.62. The molecule has 0 spiro atoms. The van der Waals surface area contributed by atoms with Gasteiger partial charge >= 0.3 is 0 Å². The highest BCUT2D eigenvalue weighted by molar-refractivity contribution is 5.12. The summed E-state index contributed by atoms with van der Waals surface area (Å²) >= 11 is 0. The Kier molecular flexibility index (Phi) is 4.87. The van der Waals surface area contributed by atoms with Crippen LogP contribution in [0.4, 0.5) is 0 Å². The van der Waals surface area contributed by atoms with E-state index in [9.17, 15) is 0 Å². The number of hydrogen-bond donors (Lipinski definition) is 1. The molecule has 1 aliphatic carbocycles. The summed E-state index contributed by atoms with van der Waals surface area (Å²) in [6, 6.07) is 4.69. The number of nitrogens with one attached hydrogen (secondary N) is 1. The van der Waals surface area contributed by atoms with Gasteiger partial charge in [-0.2, -0.15) is 0 Å². The molecule has 0 aromatic carbocycles. The number of aryl methyl sites for hydroxylation is 1. The van der Waals surface area contributed by atoms with E-state index in [1.165, 1.54) is 32.1 Å². The third kappa shape index (κ3) is 2.97. The lowest BCUT2D eigenvalue weighted by atomic mass is 9.76. The summed E-state index contributed by atoms with van der Waals surface area (Å²) in [4.78, 5) is 0. The van der Waals surface area contributed by atoms with Crippen molar-refractivity contribution in [2.75, 3.05) is 7.05 Å². The van der Waals surface area contributed by atoms with Gasteiger partial charge in [-0.05, 0) is 43.9 Å². The maximum Gasteiger partial charge on any atom is 0.121 e. The van der Waals surface area contributed by atoms with E-state index in [4.69, 9.17) is 4.42 Å². The molecule has 1 aromatic rings. The quantitative estimate of drug-likeness (QED) is 0.840. The predicted molar refractivity (Wildman–Crippen MR) is 75.6 cm³/mol. The van der Waals surface area contributed by atoms with Gasteiger partial charge < -0.3 is 9.73 Å². The minimum Gasteiger partial charge on any atom is -0.464 e. The average Bonchev–Trinajstić information content (AvgIpc) is 2.88. The molecule has 2 rings (SSSR count). The van der Waals surface area contributed by atoms with Crippen molar-refractivity contribution in [3.8, 4) is 0 Å². The van der Waals surface area contributed by atoms with E-state index in [-0.39, 0.29) is 0 Å². The molecule has 1 N–H and O–H groups in total. The summed E-state index contributed by atoms with van der Waals surface area (Å²) in [5, 5.41) is 3.48. The molecule has 18 heavy (non-hydrogen) atoms. The SMILES string of the molecule is CCc1ccc(C(NC)C2CCCC(CC)C2)o1. The molecule has 0 amide bonds.